The molecule has 0 saturated carbocycles. The van der Waals surface area contributed by atoms with Gasteiger partial charge < -0.3 is 14.9 Å². The van der Waals surface area contributed by atoms with Crippen LogP contribution in [0.15, 0.2) is 18.2 Å². The number of alkyl halides is 2. The normalized spacial score (nSPS) is 14.0. The van der Waals surface area contributed by atoms with Gasteiger partial charge in [0.1, 0.15) is 0 Å². The van der Waals surface area contributed by atoms with E-state index in [0.717, 1.165) is 16.0 Å². The summed E-state index contributed by atoms with van der Waals surface area (Å²) >= 11 is 0. The van der Waals surface area contributed by atoms with Crippen molar-refractivity contribution in [2.75, 3.05) is 20.1 Å². The van der Waals surface area contributed by atoms with Crippen molar-refractivity contribution in [3.63, 3.8) is 0 Å². The molecule has 114 valence electrons. The lowest BCUT2D eigenvalue weighted by atomic mass is 9.97. The van der Waals surface area contributed by atoms with Crippen molar-refractivity contribution in [2.45, 2.75) is 19.4 Å². The number of benzene rings is 1. The number of fused-ring (bicyclic) bond motifs is 1. The second-order valence-electron chi connectivity index (χ2n) is 5.01. The van der Waals surface area contributed by atoms with Crippen LogP contribution in [0.4, 0.5) is 13.6 Å². The molecular weight excluding hydrogens is 282 g/mol. The van der Waals surface area contributed by atoms with E-state index in [9.17, 15) is 18.4 Å². The number of rotatable bonds is 3. The molecule has 0 aromatic heterocycles. The Hall–Kier alpha value is -2.18. The molecule has 1 aliphatic rings. The molecule has 0 spiro atoms. The van der Waals surface area contributed by atoms with Crippen molar-refractivity contribution >= 4 is 12.0 Å². The maximum Gasteiger partial charge on any atom is 0.335 e. The molecular formula is C14H16F2N2O3. The van der Waals surface area contributed by atoms with Gasteiger partial charge in [0.2, 0.25) is 0 Å². The zero-order valence-corrected chi connectivity index (χ0v) is 11.6. The fourth-order valence-corrected chi connectivity index (χ4v) is 2.38. The number of carboxylic acid groups (broad SMARTS) is 1. The molecule has 0 saturated heterocycles. The molecule has 0 unspecified atom stereocenters. The number of hydrogen-bond acceptors (Lipinski definition) is 2. The SMILES string of the molecule is CN(CC(F)F)C(=O)N1CCc2ccc(C(=O)O)cc2C1. The first-order valence-corrected chi connectivity index (χ1v) is 6.51. The van der Waals surface area contributed by atoms with Gasteiger partial charge in [0, 0.05) is 20.1 Å². The van der Waals surface area contributed by atoms with Gasteiger partial charge in [0.05, 0.1) is 12.1 Å². The number of aromatic carboxylic acids is 1. The third-order valence-electron chi connectivity index (χ3n) is 3.47. The number of carboxylic acids is 1. The molecule has 1 N–H and O–H groups in total. The third-order valence-corrected chi connectivity index (χ3v) is 3.47. The number of urea groups is 1. The summed E-state index contributed by atoms with van der Waals surface area (Å²) in [7, 11) is 1.33. The molecule has 1 aliphatic heterocycles. The quantitative estimate of drug-likeness (QED) is 0.929. The van der Waals surface area contributed by atoms with Gasteiger partial charge in [-0.2, -0.15) is 0 Å². The van der Waals surface area contributed by atoms with Crippen LogP contribution in [0.2, 0.25) is 0 Å². The standard InChI is InChI=1S/C14H16F2N2O3/c1-17(8-12(15)16)14(21)18-5-4-9-2-3-10(13(19)20)6-11(9)7-18/h2-3,6,12H,4-5,7-8H2,1H3,(H,19,20). The summed E-state index contributed by atoms with van der Waals surface area (Å²) in [6, 6.07) is 4.33. The number of nitrogens with zero attached hydrogens (tertiary/aromatic N) is 2. The Morgan fingerprint density at radius 3 is 2.71 bits per heavy atom. The van der Waals surface area contributed by atoms with E-state index >= 15 is 0 Å². The van der Waals surface area contributed by atoms with E-state index in [0.29, 0.717) is 13.0 Å². The monoisotopic (exact) mass is 298 g/mol. The van der Waals surface area contributed by atoms with Crippen molar-refractivity contribution in [2.24, 2.45) is 0 Å². The molecule has 0 radical (unpaired) electrons. The molecule has 0 atom stereocenters. The van der Waals surface area contributed by atoms with Crippen LogP contribution in [-0.2, 0) is 13.0 Å². The Bertz CT molecular complexity index is 563. The van der Waals surface area contributed by atoms with Gasteiger partial charge in [-0.15, -0.1) is 0 Å². The van der Waals surface area contributed by atoms with Crippen LogP contribution < -0.4 is 0 Å². The first-order chi connectivity index (χ1) is 9.88. The second kappa shape index (κ2) is 6.07. The molecule has 2 rings (SSSR count). The number of halogens is 2. The van der Waals surface area contributed by atoms with Crippen LogP contribution in [0.1, 0.15) is 21.5 Å². The largest absolute Gasteiger partial charge is 0.478 e. The fraction of sp³-hybridized carbons (Fsp3) is 0.429. The van der Waals surface area contributed by atoms with Crippen molar-refractivity contribution in [1.29, 1.82) is 0 Å². The summed E-state index contributed by atoms with van der Waals surface area (Å²) in [6.45, 7) is 0.0616. The minimum atomic E-state index is -2.57. The van der Waals surface area contributed by atoms with E-state index in [-0.39, 0.29) is 12.1 Å². The Balaban J connectivity index is 2.12. The molecule has 21 heavy (non-hydrogen) atoms. The first kappa shape index (κ1) is 15.2. The highest BCUT2D eigenvalue weighted by Gasteiger charge is 2.25. The van der Waals surface area contributed by atoms with E-state index in [2.05, 4.69) is 0 Å². The Labute approximate surface area is 120 Å². The fourth-order valence-electron chi connectivity index (χ4n) is 2.38. The van der Waals surface area contributed by atoms with Gasteiger partial charge in [0.15, 0.2) is 0 Å². The molecule has 0 fully saturated rings. The molecule has 1 aromatic carbocycles. The van der Waals surface area contributed by atoms with Crippen LogP contribution in [0, 0.1) is 0 Å². The van der Waals surface area contributed by atoms with Crippen molar-refractivity contribution in [3.8, 4) is 0 Å². The van der Waals surface area contributed by atoms with Crippen LogP contribution >= 0.6 is 0 Å². The summed E-state index contributed by atoms with van der Waals surface area (Å²) in [4.78, 5) is 25.5. The zero-order valence-electron chi connectivity index (χ0n) is 11.6. The van der Waals surface area contributed by atoms with Crippen LogP contribution in [-0.4, -0.2) is 53.5 Å². The summed E-state index contributed by atoms with van der Waals surface area (Å²) in [6.07, 6.45) is -1.99. The van der Waals surface area contributed by atoms with Gasteiger partial charge >= 0.3 is 12.0 Å². The summed E-state index contributed by atoms with van der Waals surface area (Å²) in [5, 5.41) is 8.98. The number of carbonyl (C=O) groups is 2. The van der Waals surface area contributed by atoms with Gasteiger partial charge in [-0.05, 0) is 29.7 Å². The van der Waals surface area contributed by atoms with Crippen molar-refractivity contribution < 1.29 is 23.5 Å². The molecule has 1 aromatic rings. The van der Waals surface area contributed by atoms with Crippen LogP contribution in [0.25, 0.3) is 0 Å². The number of carbonyl (C=O) groups excluding carboxylic acids is 1. The van der Waals surface area contributed by atoms with E-state index in [1.165, 1.54) is 24.1 Å². The summed E-state index contributed by atoms with van der Waals surface area (Å²) in [5.74, 6) is -1.03. The minimum absolute atomic E-state index is 0.156. The second-order valence-corrected chi connectivity index (χ2v) is 5.01. The first-order valence-electron chi connectivity index (χ1n) is 6.51. The van der Waals surface area contributed by atoms with Crippen LogP contribution in [0.3, 0.4) is 0 Å². The minimum Gasteiger partial charge on any atom is -0.478 e. The smallest absolute Gasteiger partial charge is 0.335 e. The molecule has 7 heteroatoms. The number of hydrogen-bond donors (Lipinski definition) is 1. The number of amides is 2. The van der Waals surface area contributed by atoms with Gasteiger partial charge in [-0.3, -0.25) is 0 Å². The Kier molecular flexibility index (Phi) is 4.40. The molecule has 5 nitrogen and oxygen atoms in total. The van der Waals surface area contributed by atoms with Crippen LogP contribution in [0.5, 0.6) is 0 Å². The van der Waals surface area contributed by atoms with E-state index in [4.69, 9.17) is 5.11 Å². The maximum absolute atomic E-state index is 12.3. The Morgan fingerprint density at radius 2 is 2.10 bits per heavy atom. The average molecular weight is 298 g/mol. The lowest BCUT2D eigenvalue weighted by molar-refractivity contribution is 0.0696. The topological polar surface area (TPSA) is 60.9 Å². The van der Waals surface area contributed by atoms with Gasteiger partial charge in [0.25, 0.3) is 6.43 Å². The molecule has 0 bridgehead atoms. The highest BCUT2D eigenvalue weighted by molar-refractivity contribution is 5.88. The van der Waals surface area contributed by atoms with Gasteiger partial charge in [-0.1, -0.05) is 6.07 Å². The molecule has 0 aliphatic carbocycles. The Morgan fingerprint density at radius 1 is 1.38 bits per heavy atom. The van der Waals surface area contributed by atoms with E-state index in [1.54, 1.807) is 6.07 Å². The van der Waals surface area contributed by atoms with E-state index < -0.39 is 25.0 Å². The maximum atomic E-state index is 12.3. The lowest BCUT2D eigenvalue weighted by Gasteiger charge is -2.32. The third kappa shape index (κ3) is 3.48. The predicted molar refractivity (Wildman–Crippen MR) is 71.5 cm³/mol. The highest BCUT2D eigenvalue weighted by Crippen LogP contribution is 2.21. The van der Waals surface area contributed by atoms with Crippen molar-refractivity contribution in [1.82, 2.24) is 9.80 Å². The summed E-state index contributed by atoms with van der Waals surface area (Å²) < 4.78 is 24.6. The van der Waals surface area contributed by atoms with Gasteiger partial charge in [-0.25, -0.2) is 18.4 Å². The highest BCUT2D eigenvalue weighted by atomic mass is 19.3. The lowest BCUT2D eigenvalue weighted by Crippen LogP contribution is -2.45. The summed E-state index contributed by atoms with van der Waals surface area (Å²) in [5.41, 5.74) is 1.89. The van der Waals surface area contributed by atoms with Crippen molar-refractivity contribution in [3.05, 3.63) is 34.9 Å². The molecule has 2 amide bonds. The van der Waals surface area contributed by atoms with E-state index in [1.807, 2.05) is 0 Å². The average Bonchev–Trinajstić information content (AvgIpc) is 2.44. The molecule has 1 heterocycles. The zero-order chi connectivity index (χ0) is 15.6. The predicted octanol–water partition coefficient (Wildman–Crippen LogP) is 2.06.